The van der Waals surface area contributed by atoms with Gasteiger partial charge in [0.05, 0.1) is 10.7 Å². The van der Waals surface area contributed by atoms with Crippen molar-refractivity contribution in [2.45, 2.75) is 37.1 Å². The molecule has 4 N–H and O–H groups in total. The largest absolute Gasteiger partial charge is 0.384 e. The van der Waals surface area contributed by atoms with Gasteiger partial charge in [-0.25, -0.2) is 17.8 Å². The predicted octanol–water partition coefficient (Wildman–Crippen LogP) is 3.52. The van der Waals surface area contributed by atoms with Gasteiger partial charge in [-0.1, -0.05) is 18.5 Å². The predicted molar refractivity (Wildman–Crippen MR) is 120 cm³/mol. The molecule has 2 heterocycles. The molecule has 1 aliphatic heterocycles. The Bertz CT molecular complexity index is 927. The number of rotatable bonds is 11. The molecule has 3 rings (SSSR count). The molecule has 0 saturated carbocycles. The number of anilines is 2. The third-order valence-electron chi connectivity index (χ3n) is 4.89. The highest BCUT2D eigenvalue weighted by Gasteiger charge is 2.22. The lowest BCUT2D eigenvalue weighted by Crippen LogP contribution is -2.34. The third kappa shape index (κ3) is 6.52. The number of benzene rings is 1. The topological polar surface area (TPSA) is 95.1 Å². The van der Waals surface area contributed by atoms with E-state index in [9.17, 15) is 12.8 Å². The van der Waals surface area contributed by atoms with Crippen LogP contribution in [0.15, 0.2) is 28.6 Å². The Hall–Kier alpha value is -1.46. The quantitative estimate of drug-likeness (QED) is 0.371. The number of nitrogens with one attached hydrogen (secondary N) is 4. The van der Waals surface area contributed by atoms with E-state index in [4.69, 9.17) is 11.6 Å². The third-order valence-corrected chi connectivity index (χ3v) is 7.38. The van der Waals surface area contributed by atoms with Crippen LogP contribution in [0, 0.1) is 11.7 Å². The van der Waals surface area contributed by atoms with E-state index in [1.54, 1.807) is 5.38 Å². The summed E-state index contributed by atoms with van der Waals surface area (Å²) in [4.78, 5) is 3.34. The van der Waals surface area contributed by atoms with Gasteiger partial charge in [-0.2, -0.15) is 0 Å². The molecule has 0 spiro atoms. The second kappa shape index (κ2) is 10.7. The number of thiazole rings is 1. The first-order valence-corrected chi connectivity index (χ1v) is 12.7. The number of sulfonamides is 1. The van der Waals surface area contributed by atoms with Gasteiger partial charge in [0.2, 0.25) is 0 Å². The van der Waals surface area contributed by atoms with Crippen LogP contribution >= 0.6 is 22.9 Å². The summed E-state index contributed by atoms with van der Waals surface area (Å²) in [6, 6.07) is 2.79. The molecule has 0 aliphatic carbocycles. The van der Waals surface area contributed by atoms with Crippen LogP contribution in [0.2, 0.25) is 5.02 Å². The lowest BCUT2D eigenvalue weighted by Gasteiger charge is -2.13. The lowest BCUT2D eigenvalue weighted by molar-refractivity contribution is 0.516. The van der Waals surface area contributed by atoms with Gasteiger partial charge in [0.15, 0.2) is 5.13 Å². The Kier molecular flexibility index (Phi) is 8.29. The van der Waals surface area contributed by atoms with Crippen molar-refractivity contribution < 1.29 is 12.8 Å². The number of hydrogen-bond donors (Lipinski definition) is 4. The SMILES string of the molecule is C[C@H]1CN[C@H](CNCCCCNc2cc(F)c(S(=O)(=O)Nc3nccs3)cc2Cl)C1. The summed E-state index contributed by atoms with van der Waals surface area (Å²) < 4.78 is 41.5. The number of aromatic nitrogens is 1. The van der Waals surface area contributed by atoms with Crippen molar-refractivity contribution in [1.82, 2.24) is 15.6 Å². The van der Waals surface area contributed by atoms with Gasteiger partial charge in [0, 0.05) is 30.7 Å². The van der Waals surface area contributed by atoms with E-state index in [1.807, 2.05) is 0 Å². The highest BCUT2D eigenvalue weighted by Crippen LogP contribution is 2.29. The van der Waals surface area contributed by atoms with Gasteiger partial charge >= 0.3 is 0 Å². The van der Waals surface area contributed by atoms with E-state index in [0.717, 1.165) is 61.9 Å². The van der Waals surface area contributed by atoms with E-state index in [0.29, 0.717) is 18.3 Å². The van der Waals surface area contributed by atoms with Gasteiger partial charge < -0.3 is 16.0 Å². The maximum absolute atomic E-state index is 14.5. The summed E-state index contributed by atoms with van der Waals surface area (Å²) in [6.45, 7) is 5.85. The molecule has 166 valence electrons. The minimum absolute atomic E-state index is 0.149. The van der Waals surface area contributed by atoms with E-state index in [-0.39, 0.29) is 10.2 Å². The Morgan fingerprint density at radius 3 is 2.83 bits per heavy atom. The first kappa shape index (κ1) is 23.2. The van der Waals surface area contributed by atoms with Crippen molar-refractivity contribution in [2.24, 2.45) is 5.92 Å². The van der Waals surface area contributed by atoms with Crippen LogP contribution in [0.25, 0.3) is 0 Å². The van der Waals surface area contributed by atoms with Crippen LogP contribution in [0.4, 0.5) is 15.2 Å². The molecule has 0 amide bonds. The zero-order valence-electron chi connectivity index (χ0n) is 16.7. The highest BCUT2D eigenvalue weighted by molar-refractivity contribution is 7.93. The molecule has 2 aromatic rings. The Labute approximate surface area is 185 Å². The van der Waals surface area contributed by atoms with Crippen molar-refractivity contribution in [3.8, 4) is 0 Å². The molecule has 0 unspecified atom stereocenters. The van der Waals surface area contributed by atoms with E-state index >= 15 is 0 Å². The van der Waals surface area contributed by atoms with Crippen LogP contribution < -0.4 is 20.7 Å². The Morgan fingerprint density at radius 2 is 2.13 bits per heavy atom. The summed E-state index contributed by atoms with van der Waals surface area (Å²) in [5.41, 5.74) is 0.375. The van der Waals surface area contributed by atoms with Gasteiger partial charge in [-0.3, -0.25) is 4.72 Å². The molecule has 7 nitrogen and oxygen atoms in total. The van der Waals surface area contributed by atoms with E-state index < -0.39 is 20.7 Å². The van der Waals surface area contributed by atoms with Gasteiger partial charge in [0.25, 0.3) is 10.0 Å². The molecule has 11 heteroatoms. The first-order valence-electron chi connectivity index (χ1n) is 9.94. The fourth-order valence-corrected chi connectivity index (χ4v) is 5.53. The maximum atomic E-state index is 14.5. The minimum Gasteiger partial charge on any atom is -0.384 e. The second-order valence-corrected chi connectivity index (χ2v) is 10.4. The molecule has 1 aromatic carbocycles. The molecule has 1 fully saturated rings. The van der Waals surface area contributed by atoms with Crippen LogP contribution in [0.1, 0.15) is 26.2 Å². The fraction of sp³-hybridized carbons (Fsp3) is 0.526. The second-order valence-electron chi connectivity index (χ2n) is 7.49. The number of halogens is 2. The fourth-order valence-electron chi connectivity index (χ4n) is 3.36. The van der Waals surface area contributed by atoms with E-state index in [1.165, 1.54) is 12.6 Å². The first-order chi connectivity index (χ1) is 14.3. The maximum Gasteiger partial charge on any atom is 0.266 e. The number of hydrogen-bond acceptors (Lipinski definition) is 7. The molecule has 0 radical (unpaired) electrons. The molecule has 1 saturated heterocycles. The summed E-state index contributed by atoms with van der Waals surface area (Å²) in [6.07, 6.45) is 4.52. The molecular weight excluding hydrogens is 449 g/mol. The zero-order valence-corrected chi connectivity index (χ0v) is 19.1. The van der Waals surface area contributed by atoms with E-state index in [2.05, 4.69) is 32.6 Å². The van der Waals surface area contributed by atoms with Crippen molar-refractivity contribution >= 4 is 43.8 Å². The van der Waals surface area contributed by atoms with Gasteiger partial charge in [-0.05, 0) is 50.4 Å². The average molecular weight is 476 g/mol. The number of nitrogens with zero attached hydrogens (tertiary/aromatic N) is 1. The van der Waals surface area contributed by atoms with Gasteiger partial charge in [0.1, 0.15) is 10.7 Å². The van der Waals surface area contributed by atoms with Crippen LogP contribution in [0.3, 0.4) is 0 Å². The van der Waals surface area contributed by atoms with Crippen molar-refractivity contribution in [1.29, 1.82) is 0 Å². The van der Waals surface area contributed by atoms with Crippen molar-refractivity contribution in [2.75, 3.05) is 36.2 Å². The standard InChI is InChI=1S/C19H27ClFN5O2S2/c1-13-8-14(25-11-13)12-22-4-2-3-5-23-17-10-16(21)18(9-15(17)20)30(27,28)26-19-24-6-7-29-19/h6-7,9-10,13-14,22-23,25H,2-5,8,11-12H2,1H3,(H,24,26)/t13-,14+/m1/s1. The monoisotopic (exact) mass is 475 g/mol. The summed E-state index contributed by atoms with van der Waals surface area (Å²) >= 11 is 7.29. The molecule has 2 atom stereocenters. The normalized spacial score (nSPS) is 19.2. The smallest absolute Gasteiger partial charge is 0.266 e. The lowest BCUT2D eigenvalue weighted by atomic mass is 10.1. The van der Waals surface area contributed by atoms with Crippen molar-refractivity contribution in [3.63, 3.8) is 0 Å². The minimum atomic E-state index is -4.10. The zero-order chi connectivity index (χ0) is 21.6. The van der Waals surface area contributed by atoms with Gasteiger partial charge in [-0.15, -0.1) is 11.3 Å². The average Bonchev–Trinajstić information content (AvgIpc) is 3.34. The van der Waals surface area contributed by atoms with Crippen LogP contribution in [-0.2, 0) is 10.0 Å². The van der Waals surface area contributed by atoms with Crippen LogP contribution in [-0.4, -0.2) is 45.6 Å². The Balaban J connectivity index is 1.44. The summed E-state index contributed by atoms with van der Waals surface area (Å²) in [5, 5.41) is 12.0. The summed E-state index contributed by atoms with van der Waals surface area (Å²) in [7, 11) is -4.10. The molecule has 30 heavy (non-hydrogen) atoms. The molecule has 1 aromatic heterocycles. The highest BCUT2D eigenvalue weighted by atomic mass is 35.5. The van der Waals surface area contributed by atoms with Crippen molar-refractivity contribution in [3.05, 3.63) is 34.5 Å². The Morgan fingerprint density at radius 1 is 1.33 bits per heavy atom. The molecule has 1 aliphatic rings. The number of unbranched alkanes of at least 4 members (excludes halogenated alkanes) is 1. The molecule has 0 bridgehead atoms. The van der Waals surface area contributed by atoms with Crippen LogP contribution in [0.5, 0.6) is 0 Å². The summed E-state index contributed by atoms with van der Waals surface area (Å²) in [5.74, 6) is -0.124. The molecular formula is C19H27ClFN5O2S2.